The van der Waals surface area contributed by atoms with Crippen LogP contribution < -0.4 is 4.90 Å². The first kappa shape index (κ1) is 19.3. The van der Waals surface area contributed by atoms with E-state index in [-0.39, 0.29) is 24.0 Å². The van der Waals surface area contributed by atoms with Gasteiger partial charge in [-0.05, 0) is 20.3 Å². The summed E-state index contributed by atoms with van der Waals surface area (Å²) in [5, 5.41) is 4.43. The molecule has 1 saturated heterocycles. The van der Waals surface area contributed by atoms with Crippen LogP contribution in [0.4, 0.5) is 19.0 Å². The van der Waals surface area contributed by atoms with E-state index in [1.807, 2.05) is 13.8 Å². The lowest BCUT2D eigenvalue weighted by Crippen LogP contribution is -2.24. The van der Waals surface area contributed by atoms with E-state index in [1.54, 1.807) is 10.7 Å². The fraction of sp³-hybridized carbons (Fsp3) is 0.500. The summed E-state index contributed by atoms with van der Waals surface area (Å²) in [7, 11) is 0. The van der Waals surface area contributed by atoms with Crippen LogP contribution in [0, 0.1) is 13.8 Å². The maximum Gasteiger partial charge on any atom is 0.406 e. The van der Waals surface area contributed by atoms with E-state index >= 15 is 0 Å². The molecule has 0 spiro atoms. The second-order valence-electron chi connectivity index (χ2n) is 7.13. The molecular weight excluding hydrogens is 387 g/mol. The Kier molecular flexibility index (Phi) is 4.75. The van der Waals surface area contributed by atoms with Gasteiger partial charge < -0.3 is 4.57 Å². The highest BCUT2D eigenvalue weighted by Gasteiger charge is 2.31. The Labute approximate surface area is 164 Å². The van der Waals surface area contributed by atoms with E-state index in [1.165, 1.54) is 11.1 Å². The van der Waals surface area contributed by atoms with Crippen LogP contribution in [0.3, 0.4) is 0 Å². The molecule has 4 heterocycles. The molecule has 0 N–H and O–H groups in total. The van der Waals surface area contributed by atoms with Crippen molar-refractivity contribution in [2.24, 2.45) is 0 Å². The van der Waals surface area contributed by atoms with Gasteiger partial charge in [0.25, 0.3) is 0 Å². The maximum absolute atomic E-state index is 13.0. The predicted octanol–water partition coefficient (Wildman–Crippen LogP) is 2.41. The first-order valence-electron chi connectivity index (χ1n) is 9.32. The van der Waals surface area contributed by atoms with Crippen molar-refractivity contribution < 1.29 is 18.0 Å². The molecule has 0 aliphatic carbocycles. The molecule has 29 heavy (non-hydrogen) atoms. The van der Waals surface area contributed by atoms with Crippen molar-refractivity contribution in [3.05, 3.63) is 35.4 Å². The van der Waals surface area contributed by atoms with Crippen molar-refractivity contribution in [3.8, 4) is 0 Å². The van der Waals surface area contributed by atoms with Crippen molar-refractivity contribution in [1.29, 1.82) is 0 Å². The number of fused-ring (bicyclic) bond motifs is 1. The molecule has 1 aliphatic heterocycles. The maximum atomic E-state index is 13.0. The number of halogens is 3. The average molecular weight is 407 g/mol. The standard InChI is InChI=1S/C18H20F3N7O/c1-11-12(2)28-15(8-22-11)23-13(25-28)5-6-14-24-16(27-7-3-4-17(27)29)9-26(14)10-18(19,20)21/h8-9H,3-7,10H2,1-2H3. The van der Waals surface area contributed by atoms with Gasteiger partial charge in [0.05, 0.1) is 17.6 Å². The van der Waals surface area contributed by atoms with Crippen LogP contribution in [0.5, 0.6) is 0 Å². The van der Waals surface area contributed by atoms with E-state index in [2.05, 4.69) is 20.1 Å². The van der Waals surface area contributed by atoms with Gasteiger partial charge in [-0.25, -0.2) is 14.5 Å². The van der Waals surface area contributed by atoms with E-state index in [0.717, 1.165) is 16.0 Å². The third-order valence-electron chi connectivity index (χ3n) is 5.01. The lowest BCUT2D eigenvalue weighted by Gasteiger charge is -2.11. The number of rotatable bonds is 5. The van der Waals surface area contributed by atoms with E-state index in [0.29, 0.717) is 37.3 Å². The number of alkyl halides is 3. The average Bonchev–Trinajstić information content (AvgIpc) is 3.33. The largest absolute Gasteiger partial charge is 0.406 e. The van der Waals surface area contributed by atoms with Crippen molar-refractivity contribution >= 4 is 17.4 Å². The van der Waals surface area contributed by atoms with Gasteiger partial charge in [0.1, 0.15) is 12.4 Å². The molecule has 4 rings (SSSR count). The Morgan fingerprint density at radius 3 is 2.66 bits per heavy atom. The summed E-state index contributed by atoms with van der Waals surface area (Å²) in [6.45, 7) is 3.06. The van der Waals surface area contributed by atoms with Gasteiger partial charge in [-0.1, -0.05) is 0 Å². The first-order chi connectivity index (χ1) is 13.7. The number of aryl methyl sites for hydroxylation is 4. The lowest BCUT2D eigenvalue weighted by atomic mass is 10.3. The van der Waals surface area contributed by atoms with Crippen LogP contribution in [0.2, 0.25) is 0 Å². The molecule has 0 unspecified atom stereocenters. The molecule has 0 saturated carbocycles. The molecule has 11 heteroatoms. The number of nitrogens with zero attached hydrogens (tertiary/aromatic N) is 7. The molecule has 1 amide bonds. The summed E-state index contributed by atoms with van der Waals surface area (Å²) in [5.74, 6) is 0.904. The molecule has 0 aromatic carbocycles. The summed E-state index contributed by atoms with van der Waals surface area (Å²) in [5.41, 5.74) is 2.27. The Hall–Kier alpha value is -2.98. The quantitative estimate of drug-likeness (QED) is 0.649. The summed E-state index contributed by atoms with van der Waals surface area (Å²) in [6.07, 6.45) is 0.144. The lowest BCUT2D eigenvalue weighted by molar-refractivity contribution is -0.141. The molecular formula is C18H20F3N7O. The summed E-state index contributed by atoms with van der Waals surface area (Å²) in [6, 6.07) is 0. The zero-order chi connectivity index (χ0) is 20.8. The molecule has 154 valence electrons. The Morgan fingerprint density at radius 1 is 1.17 bits per heavy atom. The van der Waals surface area contributed by atoms with Crippen LogP contribution in [0.25, 0.3) is 5.65 Å². The van der Waals surface area contributed by atoms with Gasteiger partial charge in [-0.3, -0.25) is 14.7 Å². The zero-order valence-corrected chi connectivity index (χ0v) is 16.1. The number of carbonyl (C=O) groups excluding carboxylic acids is 1. The fourth-order valence-electron chi connectivity index (χ4n) is 3.42. The molecule has 3 aromatic rings. The monoisotopic (exact) mass is 407 g/mol. The van der Waals surface area contributed by atoms with Gasteiger partial charge in [-0.15, -0.1) is 0 Å². The van der Waals surface area contributed by atoms with Crippen molar-refractivity contribution in [3.63, 3.8) is 0 Å². The van der Waals surface area contributed by atoms with Crippen LogP contribution >= 0.6 is 0 Å². The number of amides is 1. The Balaban J connectivity index is 1.59. The van der Waals surface area contributed by atoms with Gasteiger partial charge in [-0.2, -0.15) is 18.3 Å². The molecule has 0 radical (unpaired) electrons. The molecule has 8 nitrogen and oxygen atoms in total. The topological polar surface area (TPSA) is 81.2 Å². The number of hydrogen-bond donors (Lipinski definition) is 0. The van der Waals surface area contributed by atoms with Crippen LogP contribution in [-0.2, 0) is 24.2 Å². The fourth-order valence-corrected chi connectivity index (χ4v) is 3.42. The van der Waals surface area contributed by atoms with Crippen molar-refractivity contribution in [2.45, 2.75) is 52.3 Å². The van der Waals surface area contributed by atoms with Crippen molar-refractivity contribution in [1.82, 2.24) is 29.1 Å². The minimum absolute atomic E-state index is 0.117. The number of hydrogen-bond acceptors (Lipinski definition) is 5. The third kappa shape index (κ3) is 3.94. The minimum atomic E-state index is -4.39. The van der Waals surface area contributed by atoms with Gasteiger partial charge in [0, 0.05) is 32.0 Å². The molecule has 1 aliphatic rings. The van der Waals surface area contributed by atoms with Gasteiger partial charge in [0.2, 0.25) is 5.91 Å². The number of imidazole rings is 1. The highest BCUT2D eigenvalue weighted by Crippen LogP contribution is 2.25. The highest BCUT2D eigenvalue weighted by molar-refractivity contribution is 5.94. The van der Waals surface area contributed by atoms with E-state index in [4.69, 9.17) is 0 Å². The van der Waals surface area contributed by atoms with Crippen LogP contribution in [0.15, 0.2) is 12.4 Å². The number of carbonyl (C=O) groups is 1. The van der Waals surface area contributed by atoms with Gasteiger partial charge in [0.15, 0.2) is 17.3 Å². The summed E-state index contributed by atoms with van der Waals surface area (Å²) in [4.78, 5) is 26.3. The second kappa shape index (κ2) is 7.12. The normalized spacial score (nSPS) is 15.1. The minimum Gasteiger partial charge on any atom is -0.324 e. The SMILES string of the molecule is Cc1ncc2nc(CCc3nc(N4CCCC4=O)cn3CC(F)(F)F)nn2c1C. The number of anilines is 1. The van der Waals surface area contributed by atoms with Crippen LogP contribution in [-0.4, -0.2) is 47.8 Å². The first-order valence-corrected chi connectivity index (χ1v) is 9.32. The molecule has 3 aromatic heterocycles. The van der Waals surface area contributed by atoms with E-state index < -0.39 is 12.7 Å². The second-order valence-corrected chi connectivity index (χ2v) is 7.13. The Morgan fingerprint density at radius 2 is 1.97 bits per heavy atom. The smallest absolute Gasteiger partial charge is 0.324 e. The zero-order valence-electron chi connectivity index (χ0n) is 16.1. The number of aromatic nitrogens is 6. The van der Waals surface area contributed by atoms with Crippen LogP contribution in [0.1, 0.15) is 35.9 Å². The summed E-state index contributed by atoms with van der Waals surface area (Å²) >= 11 is 0. The molecule has 0 bridgehead atoms. The summed E-state index contributed by atoms with van der Waals surface area (Å²) < 4.78 is 41.8. The predicted molar refractivity (Wildman–Crippen MR) is 97.5 cm³/mol. The molecule has 1 fully saturated rings. The highest BCUT2D eigenvalue weighted by atomic mass is 19.4. The third-order valence-corrected chi connectivity index (χ3v) is 5.01. The van der Waals surface area contributed by atoms with Gasteiger partial charge >= 0.3 is 6.18 Å². The van der Waals surface area contributed by atoms with Crippen molar-refractivity contribution in [2.75, 3.05) is 11.4 Å². The van der Waals surface area contributed by atoms with E-state index in [9.17, 15) is 18.0 Å². The Bertz CT molecular complexity index is 1070. The molecule has 0 atom stereocenters.